The smallest absolute Gasteiger partial charge is 0.261 e. The molecule has 0 bridgehead atoms. The maximum atomic E-state index is 12.4. The molecule has 31 heavy (non-hydrogen) atoms. The monoisotopic (exact) mass is 422 g/mol. The highest BCUT2D eigenvalue weighted by Crippen LogP contribution is 2.21. The SMILES string of the molecule is N/C(CC(=O)NC1CCCCC1)=N\OCC(=O)NC(c1ccccc1)c1ccccc1. The zero-order chi connectivity index (χ0) is 21.9. The normalized spacial score (nSPS) is 14.8. The number of oxime groups is 1. The highest BCUT2D eigenvalue weighted by molar-refractivity contribution is 5.98. The molecule has 0 aromatic heterocycles. The predicted molar refractivity (Wildman–Crippen MR) is 120 cm³/mol. The van der Waals surface area contributed by atoms with Crippen molar-refractivity contribution in [1.29, 1.82) is 0 Å². The Hall–Kier alpha value is -3.35. The first kappa shape index (κ1) is 22.3. The summed E-state index contributed by atoms with van der Waals surface area (Å²) in [5.74, 6) is -0.459. The largest absolute Gasteiger partial charge is 0.384 e. The van der Waals surface area contributed by atoms with Crippen LogP contribution in [0.15, 0.2) is 65.8 Å². The van der Waals surface area contributed by atoms with E-state index in [-0.39, 0.29) is 42.8 Å². The zero-order valence-electron chi connectivity index (χ0n) is 17.6. The Morgan fingerprint density at radius 3 is 2.10 bits per heavy atom. The standard InChI is InChI=1S/C24H30N4O3/c25-21(16-22(29)26-20-14-8-3-9-15-20)28-31-17-23(30)27-24(18-10-4-1-5-11-18)19-12-6-2-7-13-19/h1-2,4-7,10-13,20,24H,3,8-9,14-17H2,(H2,25,28)(H,26,29)(H,27,30). The maximum Gasteiger partial charge on any atom is 0.261 e. The number of rotatable bonds is 9. The molecular formula is C24H30N4O3. The number of carbonyl (C=O) groups excluding carboxylic acids is 2. The molecular weight excluding hydrogens is 392 g/mol. The quantitative estimate of drug-likeness (QED) is 0.328. The van der Waals surface area contributed by atoms with Crippen LogP contribution in [0, 0.1) is 0 Å². The molecule has 1 aliphatic rings. The van der Waals surface area contributed by atoms with E-state index in [4.69, 9.17) is 10.6 Å². The Morgan fingerprint density at radius 1 is 0.935 bits per heavy atom. The van der Waals surface area contributed by atoms with Crippen molar-refractivity contribution >= 4 is 17.6 Å². The predicted octanol–water partition coefficient (Wildman–Crippen LogP) is 3.02. The van der Waals surface area contributed by atoms with Gasteiger partial charge in [0.1, 0.15) is 5.84 Å². The van der Waals surface area contributed by atoms with E-state index in [9.17, 15) is 9.59 Å². The van der Waals surface area contributed by atoms with Gasteiger partial charge in [0.05, 0.1) is 12.5 Å². The Bertz CT molecular complexity index is 825. The van der Waals surface area contributed by atoms with Crippen LogP contribution in [0.2, 0.25) is 0 Å². The summed E-state index contributed by atoms with van der Waals surface area (Å²) in [7, 11) is 0. The summed E-state index contributed by atoms with van der Waals surface area (Å²) < 4.78 is 0. The van der Waals surface area contributed by atoms with E-state index in [0.29, 0.717) is 0 Å². The van der Waals surface area contributed by atoms with Crippen LogP contribution in [0.25, 0.3) is 0 Å². The molecule has 1 fully saturated rings. The van der Waals surface area contributed by atoms with E-state index < -0.39 is 0 Å². The van der Waals surface area contributed by atoms with Crippen molar-refractivity contribution in [3.8, 4) is 0 Å². The van der Waals surface area contributed by atoms with Crippen LogP contribution in [0.3, 0.4) is 0 Å². The fraction of sp³-hybridized carbons (Fsp3) is 0.375. The van der Waals surface area contributed by atoms with Gasteiger partial charge in [-0.05, 0) is 24.0 Å². The number of amides is 2. The molecule has 0 spiro atoms. The molecule has 164 valence electrons. The van der Waals surface area contributed by atoms with Crippen LogP contribution in [-0.4, -0.2) is 30.3 Å². The van der Waals surface area contributed by atoms with Crippen LogP contribution in [0.5, 0.6) is 0 Å². The minimum absolute atomic E-state index is 0.0452. The van der Waals surface area contributed by atoms with E-state index in [1.54, 1.807) is 0 Å². The molecule has 0 radical (unpaired) electrons. The van der Waals surface area contributed by atoms with Gasteiger partial charge in [-0.25, -0.2) is 0 Å². The summed E-state index contributed by atoms with van der Waals surface area (Å²) in [4.78, 5) is 29.6. The van der Waals surface area contributed by atoms with Crippen molar-refractivity contribution in [2.75, 3.05) is 6.61 Å². The summed E-state index contributed by atoms with van der Waals surface area (Å²) in [5.41, 5.74) is 7.71. The van der Waals surface area contributed by atoms with Gasteiger partial charge in [0.2, 0.25) is 5.91 Å². The van der Waals surface area contributed by atoms with Gasteiger partial charge in [-0.1, -0.05) is 85.1 Å². The first-order valence-electron chi connectivity index (χ1n) is 10.7. The lowest BCUT2D eigenvalue weighted by Gasteiger charge is -2.22. The molecule has 2 aromatic rings. The summed E-state index contributed by atoms with van der Waals surface area (Å²) in [5, 5.41) is 9.66. The van der Waals surface area contributed by atoms with Crippen molar-refractivity contribution in [2.45, 2.75) is 50.6 Å². The highest BCUT2D eigenvalue weighted by Gasteiger charge is 2.18. The van der Waals surface area contributed by atoms with Gasteiger partial charge in [-0.2, -0.15) is 0 Å². The van der Waals surface area contributed by atoms with Crippen molar-refractivity contribution in [3.05, 3.63) is 71.8 Å². The number of nitrogens with one attached hydrogen (secondary N) is 2. The molecule has 2 amide bonds. The van der Waals surface area contributed by atoms with Crippen molar-refractivity contribution < 1.29 is 14.4 Å². The van der Waals surface area contributed by atoms with Crippen LogP contribution in [-0.2, 0) is 14.4 Å². The molecule has 0 atom stereocenters. The second-order valence-electron chi connectivity index (χ2n) is 7.76. The molecule has 4 N–H and O–H groups in total. The van der Waals surface area contributed by atoms with E-state index >= 15 is 0 Å². The maximum absolute atomic E-state index is 12.4. The number of nitrogens with two attached hydrogens (primary N) is 1. The second kappa shape index (κ2) is 11.7. The topological polar surface area (TPSA) is 106 Å². The van der Waals surface area contributed by atoms with Crippen molar-refractivity contribution in [3.63, 3.8) is 0 Å². The van der Waals surface area contributed by atoms with Gasteiger partial charge in [0, 0.05) is 6.04 Å². The minimum Gasteiger partial charge on any atom is -0.384 e. The second-order valence-corrected chi connectivity index (χ2v) is 7.76. The van der Waals surface area contributed by atoms with Crippen LogP contribution < -0.4 is 16.4 Å². The average Bonchev–Trinajstić information content (AvgIpc) is 2.79. The van der Waals surface area contributed by atoms with E-state index in [1.165, 1.54) is 6.42 Å². The third-order valence-corrected chi connectivity index (χ3v) is 5.26. The summed E-state index contributed by atoms with van der Waals surface area (Å²) in [6.07, 6.45) is 5.46. The molecule has 7 heteroatoms. The summed E-state index contributed by atoms with van der Waals surface area (Å²) in [6.45, 7) is -0.291. The number of amidine groups is 1. The van der Waals surface area contributed by atoms with Gasteiger partial charge in [0.15, 0.2) is 6.61 Å². The zero-order valence-corrected chi connectivity index (χ0v) is 17.6. The molecule has 2 aromatic carbocycles. The number of hydrogen-bond acceptors (Lipinski definition) is 4. The summed E-state index contributed by atoms with van der Waals surface area (Å²) >= 11 is 0. The molecule has 0 saturated heterocycles. The fourth-order valence-electron chi connectivity index (χ4n) is 3.75. The van der Waals surface area contributed by atoms with Gasteiger partial charge in [-0.15, -0.1) is 0 Å². The number of nitrogens with zero attached hydrogens (tertiary/aromatic N) is 1. The average molecular weight is 423 g/mol. The van der Waals surface area contributed by atoms with Gasteiger partial charge >= 0.3 is 0 Å². The molecule has 1 saturated carbocycles. The number of hydrogen-bond donors (Lipinski definition) is 3. The Kier molecular flexibility index (Phi) is 8.46. The van der Waals surface area contributed by atoms with E-state index in [0.717, 1.165) is 36.8 Å². The van der Waals surface area contributed by atoms with Crippen LogP contribution >= 0.6 is 0 Å². The Labute approximate surface area is 183 Å². The minimum atomic E-state index is -0.332. The lowest BCUT2D eigenvalue weighted by molar-refractivity contribution is -0.126. The molecule has 7 nitrogen and oxygen atoms in total. The fourth-order valence-corrected chi connectivity index (χ4v) is 3.75. The summed E-state index contributed by atoms with van der Waals surface area (Å²) in [6, 6.07) is 19.3. The first-order chi connectivity index (χ1) is 15.1. The Balaban J connectivity index is 1.49. The first-order valence-corrected chi connectivity index (χ1v) is 10.7. The molecule has 0 unspecified atom stereocenters. The van der Waals surface area contributed by atoms with Crippen molar-refractivity contribution in [2.24, 2.45) is 10.9 Å². The van der Waals surface area contributed by atoms with Gasteiger partial charge < -0.3 is 21.2 Å². The number of carbonyl (C=O) groups is 2. The molecule has 0 aliphatic heterocycles. The van der Waals surface area contributed by atoms with Gasteiger partial charge in [-0.3, -0.25) is 9.59 Å². The highest BCUT2D eigenvalue weighted by atomic mass is 16.6. The van der Waals surface area contributed by atoms with E-state index in [2.05, 4.69) is 15.8 Å². The lowest BCUT2D eigenvalue weighted by Crippen LogP contribution is -2.38. The lowest BCUT2D eigenvalue weighted by atomic mass is 9.95. The third-order valence-electron chi connectivity index (χ3n) is 5.26. The van der Waals surface area contributed by atoms with Crippen molar-refractivity contribution in [1.82, 2.24) is 10.6 Å². The van der Waals surface area contributed by atoms with Gasteiger partial charge in [0.25, 0.3) is 5.91 Å². The van der Waals surface area contributed by atoms with Crippen LogP contribution in [0.4, 0.5) is 0 Å². The van der Waals surface area contributed by atoms with E-state index in [1.807, 2.05) is 60.7 Å². The number of benzene rings is 2. The molecule has 1 aliphatic carbocycles. The molecule has 3 rings (SSSR count). The van der Waals surface area contributed by atoms with Crippen LogP contribution in [0.1, 0.15) is 55.7 Å². The third kappa shape index (κ3) is 7.44. The molecule has 0 heterocycles. The Morgan fingerprint density at radius 2 is 1.52 bits per heavy atom.